The van der Waals surface area contributed by atoms with Gasteiger partial charge in [-0.05, 0) is 74.5 Å². The SMILES string of the molecule is Cc1ccc(NC(=O)COc2cccc3c2CCCC3)cc1S(=O)(=O)N1CCN(C)CC1. The van der Waals surface area contributed by atoms with Crippen LogP contribution in [0.5, 0.6) is 5.75 Å². The fourth-order valence-electron chi connectivity index (χ4n) is 4.35. The van der Waals surface area contributed by atoms with Crippen molar-refractivity contribution in [3.05, 3.63) is 53.1 Å². The summed E-state index contributed by atoms with van der Waals surface area (Å²) >= 11 is 0. The Bertz CT molecular complexity index is 1090. The van der Waals surface area contributed by atoms with Gasteiger partial charge < -0.3 is 15.0 Å². The number of aryl methyl sites for hydroxylation is 2. The van der Waals surface area contributed by atoms with Gasteiger partial charge in [-0.15, -0.1) is 0 Å². The van der Waals surface area contributed by atoms with Crippen molar-refractivity contribution in [2.45, 2.75) is 37.5 Å². The van der Waals surface area contributed by atoms with Crippen LogP contribution in [0.4, 0.5) is 5.69 Å². The molecule has 1 aliphatic carbocycles. The highest BCUT2D eigenvalue weighted by atomic mass is 32.2. The smallest absolute Gasteiger partial charge is 0.262 e. The number of rotatable bonds is 6. The minimum atomic E-state index is -3.62. The average Bonchev–Trinajstić information content (AvgIpc) is 2.79. The second-order valence-electron chi connectivity index (χ2n) is 8.63. The molecule has 1 heterocycles. The van der Waals surface area contributed by atoms with Gasteiger partial charge in [0.1, 0.15) is 5.75 Å². The molecule has 1 N–H and O–H groups in total. The van der Waals surface area contributed by atoms with Crippen LogP contribution in [0.25, 0.3) is 0 Å². The first-order valence-corrected chi connectivity index (χ1v) is 12.6. The van der Waals surface area contributed by atoms with Gasteiger partial charge in [-0.2, -0.15) is 4.31 Å². The molecule has 32 heavy (non-hydrogen) atoms. The molecule has 0 unspecified atom stereocenters. The Morgan fingerprint density at radius 2 is 1.81 bits per heavy atom. The van der Waals surface area contributed by atoms with Crippen molar-refractivity contribution in [2.24, 2.45) is 0 Å². The summed E-state index contributed by atoms with van der Waals surface area (Å²) in [5.74, 6) is 0.449. The average molecular weight is 458 g/mol. The zero-order valence-corrected chi connectivity index (χ0v) is 19.6. The number of amides is 1. The zero-order chi connectivity index (χ0) is 22.7. The summed E-state index contributed by atoms with van der Waals surface area (Å²) in [4.78, 5) is 14.9. The second kappa shape index (κ2) is 9.60. The van der Waals surface area contributed by atoms with E-state index < -0.39 is 10.0 Å². The lowest BCUT2D eigenvalue weighted by Gasteiger charge is -2.32. The van der Waals surface area contributed by atoms with Gasteiger partial charge in [0.2, 0.25) is 10.0 Å². The van der Waals surface area contributed by atoms with Crippen molar-refractivity contribution >= 4 is 21.6 Å². The number of carbonyl (C=O) groups excluding carboxylic acids is 1. The van der Waals surface area contributed by atoms with Gasteiger partial charge in [-0.1, -0.05) is 18.2 Å². The fraction of sp³-hybridized carbons (Fsp3) is 0.458. The molecule has 0 radical (unpaired) electrons. The molecule has 0 aromatic heterocycles. The molecule has 1 amide bonds. The van der Waals surface area contributed by atoms with Crippen LogP contribution in [-0.4, -0.2) is 63.4 Å². The van der Waals surface area contributed by atoms with Crippen molar-refractivity contribution < 1.29 is 17.9 Å². The molecule has 2 aliphatic rings. The van der Waals surface area contributed by atoms with Crippen LogP contribution in [0.3, 0.4) is 0 Å². The van der Waals surface area contributed by atoms with E-state index in [0.717, 1.165) is 25.0 Å². The van der Waals surface area contributed by atoms with E-state index in [9.17, 15) is 13.2 Å². The Labute approximate surface area is 190 Å². The highest BCUT2D eigenvalue weighted by molar-refractivity contribution is 7.89. The van der Waals surface area contributed by atoms with E-state index in [1.54, 1.807) is 25.1 Å². The molecule has 0 atom stereocenters. The highest BCUT2D eigenvalue weighted by Crippen LogP contribution is 2.29. The molecule has 2 aromatic rings. The normalized spacial score (nSPS) is 17.6. The predicted octanol–water partition coefficient (Wildman–Crippen LogP) is 2.83. The van der Waals surface area contributed by atoms with E-state index in [0.29, 0.717) is 37.4 Å². The number of fused-ring (bicyclic) bond motifs is 1. The third-order valence-corrected chi connectivity index (χ3v) is 8.30. The molecule has 1 fully saturated rings. The Morgan fingerprint density at radius 3 is 2.59 bits per heavy atom. The lowest BCUT2D eigenvalue weighted by molar-refractivity contribution is -0.118. The predicted molar refractivity (Wildman–Crippen MR) is 125 cm³/mol. The van der Waals surface area contributed by atoms with Crippen LogP contribution in [-0.2, 0) is 27.7 Å². The number of nitrogens with zero attached hydrogens (tertiary/aromatic N) is 2. The van der Waals surface area contributed by atoms with E-state index in [4.69, 9.17) is 4.74 Å². The van der Waals surface area contributed by atoms with Crippen molar-refractivity contribution in [3.8, 4) is 5.75 Å². The first-order chi connectivity index (χ1) is 15.3. The van der Waals surface area contributed by atoms with Crippen molar-refractivity contribution in [2.75, 3.05) is 45.2 Å². The van der Waals surface area contributed by atoms with Crippen LogP contribution in [0, 0.1) is 6.92 Å². The van der Waals surface area contributed by atoms with Gasteiger partial charge in [0.25, 0.3) is 5.91 Å². The zero-order valence-electron chi connectivity index (χ0n) is 18.8. The van der Waals surface area contributed by atoms with Crippen molar-refractivity contribution in [3.63, 3.8) is 0 Å². The quantitative estimate of drug-likeness (QED) is 0.722. The van der Waals surface area contributed by atoms with Crippen LogP contribution in [0.15, 0.2) is 41.3 Å². The third kappa shape index (κ3) is 4.98. The maximum Gasteiger partial charge on any atom is 0.262 e. The monoisotopic (exact) mass is 457 g/mol. The summed E-state index contributed by atoms with van der Waals surface area (Å²) in [6.45, 7) is 3.99. The van der Waals surface area contributed by atoms with Crippen LogP contribution in [0.2, 0.25) is 0 Å². The molecule has 1 saturated heterocycles. The van der Waals surface area contributed by atoms with Gasteiger partial charge in [0, 0.05) is 31.9 Å². The molecular formula is C24H31N3O4S. The first-order valence-electron chi connectivity index (χ1n) is 11.2. The highest BCUT2D eigenvalue weighted by Gasteiger charge is 2.29. The Morgan fingerprint density at radius 1 is 1.06 bits per heavy atom. The topological polar surface area (TPSA) is 78.9 Å². The maximum atomic E-state index is 13.2. The lowest BCUT2D eigenvalue weighted by atomic mass is 9.91. The molecule has 172 valence electrons. The summed E-state index contributed by atoms with van der Waals surface area (Å²) in [6, 6.07) is 11.0. The minimum absolute atomic E-state index is 0.120. The largest absolute Gasteiger partial charge is 0.483 e. The molecule has 8 heteroatoms. The number of anilines is 1. The van der Waals surface area contributed by atoms with Crippen LogP contribution in [0.1, 0.15) is 29.5 Å². The second-order valence-corrected chi connectivity index (χ2v) is 10.5. The molecule has 1 aliphatic heterocycles. The number of carbonyl (C=O) groups is 1. The first kappa shape index (κ1) is 22.8. The number of hydrogen-bond donors (Lipinski definition) is 1. The molecule has 2 aromatic carbocycles. The van der Waals surface area contributed by atoms with Gasteiger partial charge in [0.15, 0.2) is 6.61 Å². The Balaban J connectivity index is 1.43. The van der Waals surface area contributed by atoms with Crippen LogP contribution >= 0.6 is 0 Å². The number of hydrogen-bond acceptors (Lipinski definition) is 5. The van der Waals surface area contributed by atoms with E-state index in [1.807, 2.05) is 19.2 Å². The molecule has 0 saturated carbocycles. The minimum Gasteiger partial charge on any atom is -0.483 e. The Hall–Kier alpha value is -2.42. The number of likely N-dealkylation sites (N-methyl/N-ethyl adjacent to an activating group) is 1. The number of nitrogens with one attached hydrogen (secondary N) is 1. The van der Waals surface area contributed by atoms with E-state index in [-0.39, 0.29) is 17.4 Å². The summed E-state index contributed by atoms with van der Waals surface area (Å²) < 4.78 is 33.7. The summed E-state index contributed by atoms with van der Waals surface area (Å²) in [7, 11) is -1.63. The van der Waals surface area contributed by atoms with Crippen molar-refractivity contribution in [1.82, 2.24) is 9.21 Å². The standard InChI is InChI=1S/C24H31N3O4S/c1-18-10-11-20(16-23(18)32(29,30)27-14-12-26(2)13-15-27)25-24(28)17-31-22-9-5-7-19-6-3-4-8-21(19)22/h5,7,9-11,16H,3-4,6,8,12-15,17H2,1-2H3,(H,25,28). The molecule has 0 spiro atoms. The maximum absolute atomic E-state index is 13.2. The number of ether oxygens (including phenoxy) is 1. The molecular weight excluding hydrogens is 426 g/mol. The molecule has 0 bridgehead atoms. The fourth-order valence-corrected chi connectivity index (χ4v) is 6.02. The van der Waals surface area contributed by atoms with Crippen molar-refractivity contribution in [1.29, 1.82) is 0 Å². The van der Waals surface area contributed by atoms with Gasteiger partial charge in [0.05, 0.1) is 4.90 Å². The lowest BCUT2D eigenvalue weighted by Crippen LogP contribution is -2.47. The third-order valence-electron chi connectivity index (χ3n) is 6.26. The number of benzene rings is 2. The molecule has 7 nitrogen and oxygen atoms in total. The Kier molecular flexibility index (Phi) is 6.83. The van der Waals surface area contributed by atoms with Gasteiger partial charge in [-0.3, -0.25) is 4.79 Å². The van der Waals surface area contributed by atoms with E-state index >= 15 is 0 Å². The van der Waals surface area contributed by atoms with E-state index in [2.05, 4.69) is 16.3 Å². The number of piperazine rings is 1. The molecule has 4 rings (SSSR count). The summed E-state index contributed by atoms with van der Waals surface area (Å²) in [6.07, 6.45) is 4.34. The van der Waals surface area contributed by atoms with Gasteiger partial charge >= 0.3 is 0 Å². The van der Waals surface area contributed by atoms with Gasteiger partial charge in [-0.25, -0.2) is 8.42 Å². The summed E-state index contributed by atoms with van der Waals surface area (Å²) in [5.41, 5.74) is 3.61. The number of sulfonamides is 1. The summed E-state index contributed by atoms with van der Waals surface area (Å²) in [5, 5.41) is 2.79. The van der Waals surface area contributed by atoms with E-state index in [1.165, 1.54) is 21.9 Å². The van der Waals surface area contributed by atoms with Crippen LogP contribution < -0.4 is 10.1 Å².